The van der Waals surface area contributed by atoms with Crippen molar-refractivity contribution < 1.29 is 24.2 Å². The second kappa shape index (κ2) is 8.35. The Morgan fingerprint density at radius 1 is 1.40 bits per heavy atom. The minimum absolute atomic E-state index is 0.253. The topological polar surface area (TPSA) is 76.1 Å². The third-order valence-electron chi connectivity index (χ3n) is 3.59. The molecule has 0 radical (unpaired) electrons. The second-order valence-corrected chi connectivity index (χ2v) is 6.83. The molecule has 1 aromatic carbocycles. The monoisotopic (exact) mass is 381 g/mol. The first-order valence-corrected chi connectivity index (χ1v) is 8.96. The summed E-state index contributed by atoms with van der Waals surface area (Å²) in [5.74, 6) is -0.283. The maximum absolute atomic E-state index is 12.6. The van der Waals surface area contributed by atoms with Gasteiger partial charge in [0.25, 0.3) is 5.91 Å². The van der Waals surface area contributed by atoms with Gasteiger partial charge in [0.15, 0.2) is 11.5 Å². The number of carboxylic acids is 1. The van der Waals surface area contributed by atoms with Gasteiger partial charge in [0, 0.05) is 0 Å². The number of thiocarbonyl (C=S) groups is 1. The van der Waals surface area contributed by atoms with E-state index in [9.17, 15) is 14.7 Å². The molecule has 25 heavy (non-hydrogen) atoms. The molecule has 0 aromatic heterocycles. The molecule has 0 unspecified atom stereocenters. The van der Waals surface area contributed by atoms with Crippen molar-refractivity contribution in [2.75, 3.05) is 13.7 Å². The molecule has 0 aliphatic carbocycles. The zero-order chi connectivity index (χ0) is 18.6. The first-order valence-electron chi connectivity index (χ1n) is 7.73. The van der Waals surface area contributed by atoms with Crippen LogP contribution in [0.25, 0.3) is 6.08 Å². The van der Waals surface area contributed by atoms with Gasteiger partial charge in [0.05, 0.1) is 18.6 Å². The van der Waals surface area contributed by atoms with Crippen LogP contribution < -0.4 is 9.47 Å². The van der Waals surface area contributed by atoms with Crippen LogP contribution in [0, 0.1) is 0 Å². The number of nitrogens with zero attached hydrogens (tertiary/aromatic N) is 1. The maximum Gasteiger partial charge on any atom is 0.326 e. The summed E-state index contributed by atoms with van der Waals surface area (Å²) in [6.45, 7) is 4.10. The van der Waals surface area contributed by atoms with Gasteiger partial charge in [-0.15, -0.1) is 0 Å². The quantitative estimate of drug-likeness (QED) is 0.574. The number of aliphatic carboxylic acids is 1. The van der Waals surface area contributed by atoms with E-state index >= 15 is 0 Å². The molecule has 1 aliphatic heterocycles. The van der Waals surface area contributed by atoms with Crippen LogP contribution in [0.5, 0.6) is 11.5 Å². The number of amides is 1. The van der Waals surface area contributed by atoms with Crippen LogP contribution in [-0.4, -0.2) is 46.0 Å². The minimum atomic E-state index is -1.07. The van der Waals surface area contributed by atoms with Crippen LogP contribution in [0.15, 0.2) is 23.1 Å². The lowest BCUT2D eigenvalue weighted by Gasteiger charge is -2.21. The fraction of sp³-hybridized carbons (Fsp3) is 0.353. The van der Waals surface area contributed by atoms with Crippen LogP contribution in [0.2, 0.25) is 0 Å². The number of rotatable bonds is 7. The summed E-state index contributed by atoms with van der Waals surface area (Å²) in [4.78, 5) is 25.5. The SMILES string of the molecule is CCOc1ccc(/C=C2\SC(=S)N([C@@H](CC)C(=O)O)C2=O)cc1OC. The molecule has 0 spiro atoms. The van der Waals surface area contributed by atoms with Gasteiger partial charge in [-0.3, -0.25) is 9.69 Å². The lowest BCUT2D eigenvalue weighted by atomic mass is 10.1. The lowest BCUT2D eigenvalue weighted by Crippen LogP contribution is -2.43. The number of methoxy groups -OCH3 is 1. The van der Waals surface area contributed by atoms with Gasteiger partial charge in [0.1, 0.15) is 10.4 Å². The smallest absolute Gasteiger partial charge is 0.326 e. The Hall–Kier alpha value is -2.06. The summed E-state index contributed by atoms with van der Waals surface area (Å²) in [5.41, 5.74) is 0.740. The van der Waals surface area contributed by atoms with Gasteiger partial charge >= 0.3 is 5.97 Å². The molecule has 6 nitrogen and oxygen atoms in total. The van der Waals surface area contributed by atoms with Crippen LogP contribution in [0.4, 0.5) is 0 Å². The van der Waals surface area contributed by atoms with Crippen molar-refractivity contribution in [3.8, 4) is 11.5 Å². The van der Waals surface area contributed by atoms with Gasteiger partial charge in [0.2, 0.25) is 0 Å². The molecule has 1 saturated heterocycles. The molecular formula is C17H19NO5S2. The van der Waals surface area contributed by atoms with E-state index in [0.717, 1.165) is 17.3 Å². The predicted molar refractivity (Wildman–Crippen MR) is 101 cm³/mol. The third-order valence-corrected chi connectivity index (χ3v) is 4.92. The molecule has 8 heteroatoms. The molecule has 0 saturated carbocycles. The van der Waals surface area contributed by atoms with E-state index in [1.54, 1.807) is 38.3 Å². The molecular weight excluding hydrogens is 362 g/mol. The van der Waals surface area contributed by atoms with Crippen molar-refractivity contribution in [1.82, 2.24) is 4.90 Å². The number of ether oxygens (including phenoxy) is 2. The Bertz CT molecular complexity index is 732. The van der Waals surface area contributed by atoms with Crippen LogP contribution in [-0.2, 0) is 9.59 Å². The summed E-state index contributed by atoms with van der Waals surface area (Å²) in [7, 11) is 1.54. The molecule has 1 aliphatic rings. The molecule has 134 valence electrons. The molecule has 1 fully saturated rings. The zero-order valence-electron chi connectivity index (χ0n) is 14.1. The molecule has 1 aromatic rings. The molecule has 0 bridgehead atoms. The van der Waals surface area contributed by atoms with E-state index in [2.05, 4.69) is 0 Å². The van der Waals surface area contributed by atoms with Crippen molar-refractivity contribution in [3.63, 3.8) is 0 Å². The van der Waals surface area contributed by atoms with E-state index in [4.69, 9.17) is 21.7 Å². The Morgan fingerprint density at radius 3 is 2.68 bits per heavy atom. The Balaban J connectivity index is 2.31. The molecule has 1 heterocycles. The zero-order valence-corrected chi connectivity index (χ0v) is 15.8. The number of benzene rings is 1. The fourth-order valence-corrected chi connectivity index (χ4v) is 3.77. The van der Waals surface area contributed by atoms with Crippen molar-refractivity contribution in [2.45, 2.75) is 26.3 Å². The highest BCUT2D eigenvalue weighted by Crippen LogP contribution is 2.36. The lowest BCUT2D eigenvalue weighted by molar-refractivity contribution is -0.145. The van der Waals surface area contributed by atoms with E-state index in [1.807, 2.05) is 6.92 Å². The molecule has 2 rings (SSSR count). The first-order chi connectivity index (χ1) is 11.9. The van der Waals surface area contributed by atoms with Crippen LogP contribution in [0.1, 0.15) is 25.8 Å². The summed E-state index contributed by atoms with van der Waals surface area (Å²) in [6, 6.07) is 4.37. The third kappa shape index (κ3) is 4.13. The van der Waals surface area contributed by atoms with Crippen LogP contribution >= 0.6 is 24.0 Å². The van der Waals surface area contributed by atoms with Gasteiger partial charge in [-0.2, -0.15) is 0 Å². The Morgan fingerprint density at radius 2 is 2.12 bits per heavy atom. The average Bonchev–Trinajstić information content (AvgIpc) is 2.84. The highest BCUT2D eigenvalue weighted by atomic mass is 32.2. The van der Waals surface area contributed by atoms with E-state index in [-0.39, 0.29) is 10.7 Å². The fourth-order valence-electron chi connectivity index (χ4n) is 2.42. The summed E-state index contributed by atoms with van der Waals surface area (Å²) in [5, 5.41) is 9.28. The average molecular weight is 381 g/mol. The standard InChI is InChI=1S/C17H19NO5S2/c1-4-11(16(20)21)18-15(19)14(25-17(18)24)9-10-6-7-12(23-5-2)13(8-10)22-3/h6-9,11H,4-5H2,1-3H3,(H,20,21)/b14-9-/t11-/m0/s1. The highest BCUT2D eigenvalue weighted by Gasteiger charge is 2.39. The summed E-state index contributed by atoms with van der Waals surface area (Å²) in [6.07, 6.45) is 1.96. The van der Waals surface area contributed by atoms with Crippen molar-refractivity contribution in [1.29, 1.82) is 0 Å². The van der Waals surface area contributed by atoms with Gasteiger partial charge in [-0.25, -0.2) is 4.79 Å². The predicted octanol–water partition coefficient (Wildman–Crippen LogP) is 3.16. The van der Waals surface area contributed by atoms with Crippen molar-refractivity contribution in [3.05, 3.63) is 28.7 Å². The number of hydrogen-bond donors (Lipinski definition) is 1. The molecule has 1 atom stereocenters. The molecule has 1 amide bonds. The van der Waals surface area contributed by atoms with Crippen molar-refractivity contribution >= 4 is 46.3 Å². The van der Waals surface area contributed by atoms with Crippen LogP contribution in [0.3, 0.4) is 0 Å². The normalized spacial score (nSPS) is 17.1. The van der Waals surface area contributed by atoms with E-state index in [1.165, 1.54) is 4.90 Å². The maximum atomic E-state index is 12.6. The first kappa shape index (κ1) is 19.3. The van der Waals surface area contributed by atoms with Gasteiger partial charge in [-0.05, 0) is 37.1 Å². The van der Waals surface area contributed by atoms with E-state index < -0.39 is 17.9 Å². The van der Waals surface area contributed by atoms with E-state index in [0.29, 0.717) is 23.0 Å². The number of carbonyl (C=O) groups excluding carboxylic acids is 1. The summed E-state index contributed by atoms with van der Waals surface area (Å²) >= 11 is 6.29. The van der Waals surface area contributed by atoms with Crippen molar-refractivity contribution in [2.24, 2.45) is 0 Å². The van der Waals surface area contributed by atoms with Gasteiger partial charge in [-0.1, -0.05) is 37.0 Å². The largest absolute Gasteiger partial charge is 0.493 e. The number of carboxylic acid groups (broad SMARTS) is 1. The second-order valence-electron chi connectivity index (χ2n) is 5.16. The summed E-state index contributed by atoms with van der Waals surface area (Å²) < 4.78 is 11.0. The van der Waals surface area contributed by atoms with Gasteiger partial charge < -0.3 is 14.6 Å². The number of hydrogen-bond acceptors (Lipinski definition) is 6. The minimum Gasteiger partial charge on any atom is -0.493 e. The highest BCUT2D eigenvalue weighted by molar-refractivity contribution is 8.26. The number of thioether (sulfide) groups is 1. The molecule has 1 N–H and O–H groups in total. The Labute approximate surface area is 155 Å². The Kier molecular flexibility index (Phi) is 6.44. The number of carbonyl (C=O) groups is 2.